The molecule has 0 aromatic carbocycles. The second-order valence-corrected chi connectivity index (χ2v) is 4.76. The van der Waals surface area contributed by atoms with Crippen LogP contribution in [-0.2, 0) is 11.2 Å². The van der Waals surface area contributed by atoms with Crippen molar-refractivity contribution in [3.63, 3.8) is 0 Å². The predicted octanol–water partition coefficient (Wildman–Crippen LogP) is 1.42. The Morgan fingerprint density at radius 1 is 1.53 bits per heavy atom. The van der Waals surface area contributed by atoms with E-state index in [1.165, 1.54) is 18.4 Å². The van der Waals surface area contributed by atoms with Gasteiger partial charge in [-0.05, 0) is 30.9 Å². The second-order valence-electron chi connectivity index (χ2n) is 4.76. The Kier molecular flexibility index (Phi) is 4.10. The number of rotatable bonds is 5. The third-order valence-corrected chi connectivity index (χ3v) is 3.86. The monoisotopic (exact) mass is 235 g/mol. The first-order valence-electron chi connectivity index (χ1n) is 6.21. The fraction of sp³-hybridized carbons (Fsp3) is 0.615. The van der Waals surface area contributed by atoms with Gasteiger partial charge in [0.2, 0.25) is 0 Å². The van der Waals surface area contributed by atoms with Crippen LogP contribution in [0, 0.1) is 0 Å². The Morgan fingerprint density at radius 2 is 2.29 bits per heavy atom. The summed E-state index contributed by atoms with van der Waals surface area (Å²) in [5.74, 6) is 5.71. The lowest BCUT2D eigenvalue weighted by atomic mass is 9.88. The summed E-state index contributed by atoms with van der Waals surface area (Å²) in [5.41, 5.74) is 4.02. The summed E-state index contributed by atoms with van der Waals surface area (Å²) in [5, 5.41) is 0. The number of hydrogen-bond donors (Lipinski definition) is 2. The maximum absolute atomic E-state index is 5.76. The minimum atomic E-state index is -0.107. The molecule has 1 unspecified atom stereocenters. The molecular formula is C13H21N3O. The van der Waals surface area contributed by atoms with Crippen LogP contribution in [0.4, 0.5) is 0 Å². The molecule has 4 nitrogen and oxygen atoms in total. The molecule has 0 bridgehead atoms. The second kappa shape index (κ2) is 5.58. The highest BCUT2D eigenvalue weighted by atomic mass is 16.5. The summed E-state index contributed by atoms with van der Waals surface area (Å²) in [6.07, 6.45) is 9.15. The molecule has 1 aliphatic carbocycles. The average molecular weight is 235 g/mol. The topological polar surface area (TPSA) is 60.2 Å². The van der Waals surface area contributed by atoms with Crippen molar-refractivity contribution in [1.82, 2.24) is 10.4 Å². The number of methoxy groups -OCH3 is 1. The van der Waals surface area contributed by atoms with Crippen molar-refractivity contribution in [1.29, 1.82) is 0 Å². The molecule has 1 aromatic rings. The number of pyridine rings is 1. The van der Waals surface area contributed by atoms with Gasteiger partial charge in [0.1, 0.15) is 0 Å². The molecule has 1 heterocycles. The molecule has 0 aliphatic heterocycles. The number of nitrogens with one attached hydrogen (secondary N) is 1. The third kappa shape index (κ3) is 2.65. The van der Waals surface area contributed by atoms with Gasteiger partial charge in [-0.3, -0.25) is 16.3 Å². The van der Waals surface area contributed by atoms with Crippen LogP contribution >= 0.6 is 0 Å². The van der Waals surface area contributed by atoms with Gasteiger partial charge in [0.05, 0.1) is 11.6 Å². The molecule has 0 spiro atoms. The Hall–Kier alpha value is -0.970. The molecule has 1 aliphatic rings. The minimum Gasteiger partial charge on any atom is -0.377 e. The Morgan fingerprint density at radius 3 is 2.82 bits per heavy atom. The van der Waals surface area contributed by atoms with Crippen LogP contribution in [0.2, 0.25) is 0 Å². The van der Waals surface area contributed by atoms with E-state index in [1.807, 2.05) is 12.3 Å². The number of aromatic nitrogens is 1. The van der Waals surface area contributed by atoms with Gasteiger partial charge in [-0.2, -0.15) is 0 Å². The SMILES string of the molecule is COC1(C(Cc2cccnc2)NN)CCCC1. The van der Waals surface area contributed by atoms with Gasteiger partial charge in [0, 0.05) is 19.5 Å². The molecular weight excluding hydrogens is 214 g/mol. The van der Waals surface area contributed by atoms with Crippen LogP contribution in [0.15, 0.2) is 24.5 Å². The summed E-state index contributed by atoms with van der Waals surface area (Å²) in [4.78, 5) is 4.14. The van der Waals surface area contributed by atoms with E-state index in [2.05, 4.69) is 16.5 Å². The molecule has 0 saturated heterocycles. The minimum absolute atomic E-state index is 0.107. The van der Waals surface area contributed by atoms with E-state index in [0.29, 0.717) is 0 Å². The lowest BCUT2D eigenvalue weighted by Crippen LogP contribution is -2.54. The summed E-state index contributed by atoms with van der Waals surface area (Å²) in [6, 6.07) is 4.19. The molecule has 17 heavy (non-hydrogen) atoms. The van der Waals surface area contributed by atoms with E-state index in [9.17, 15) is 0 Å². The molecule has 1 saturated carbocycles. The Labute approximate surface area is 103 Å². The Bertz CT molecular complexity index is 336. The maximum Gasteiger partial charge on any atom is 0.0847 e. The maximum atomic E-state index is 5.76. The number of hydrogen-bond acceptors (Lipinski definition) is 4. The zero-order chi connectivity index (χ0) is 12.1. The third-order valence-electron chi connectivity index (χ3n) is 3.86. The first-order chi connectivity index (χ1) is 8.30. The standard InChI is InChI=1S/C13H21N3O/c1-17-13(6-2-3-7-13)12(16-14)9-11-5-4-8-15-10-11/h4-5,8,10,12,16H,2-3,6-7,9,14H2,1H3. The lowest BCUT2D eigenvalue weighted by molar-refractivity contribution is -0.0356. The van der Waals surface area contributed by atoms with E-state index in [4.69, 9.17) is 10.6 Å². The van der Waals surface area contributed by atoms with E-state index in [1.54, 1.807) is 13.3 Å². The van der Waals surface area contributed by atoms with Gasteiger partial charge in [0.25, 0.3) is 0 Å². The molecule has 4 heteroatoms. The van der Waals surface area contributed by atoms with Crippen molar-refractivity contribution >= 4 is 0 Å². The number of nitrogens with two attached hydrogens (primary N) is 1. The molecule has 0 radical (unpaired) electrons. The largest absolute Gasteiger partial charge is 0.377 e. The van der Waals surface area contributed by atoms with Crippen LogP contribution < -0.4 is 11.3 Å². The van der Waals surface area contributed by atoms with Crippen molar-refractivity contribution in [2.45, 2.75) is 43.7 Å². The first kappa shape index (κ1) is 12.5. The van der Waals surface area contributed by atoms with Gasteiger partial charge in [-0.1, -0.05) is 18.9 Å². The number of nitrogens with zero attached hydrogens (tertiary/aromatic N) is 1. The normalized spacial score (nSPS) is 20.4. The van der Waals surface area contributed by atoms with Gasteiger partial charge in [-0.25, -0.2) is 0 Å². The smallest absolute Gasteiger partial charge is 0.0847 e. The number of hydrazine groups is 1. The highest BCUT2D eigenvalue weighted by molar-refractivity contribution is 5.13. The molecule has 2 rings (SSSR count). The predicted molar refractivity (Wildman–Crippen MR) is 67.3 cm³/mol. The highest BCUT2D eigenvalue weighted by Gasteiger charge is 2.41. The highest BCUT2D eigenvalue weighted by Crippen LogP contribution is 2.36. The molecule has 1 fully saturated rings. The summed E-state index contributed by atoms with van der Waals surface area (Å²) < 4.78 is 5.76. The first-order valence-corrected chi connectivity index (χ1v) is 6.21. The van der Waals surface area contributed by atoms with Gasteiger partial charge >= 0.3 is 0 Å². The molecule has 1 atom stereocenters. The van der Waals surface area contributed by atoms with Crippen LogP contribution in [0.1, 0.15) is 31.2 Å². The molecule has 1 aromatic heterocycles. The van der Waals surface area contributed by atoms with E-state index < -0.39 is 0 Å². The molecule has 94 valence electrons. The van der Waals surface area contributed by atoms with Gasteiger partial charge in [0.15, 0.2) is 0 Å². The van der Waals surface area contributed by atoms with Crippen molar-refractivity contribution in [3.05, 3.63) is 30.1 Å². The number of ether oxygens (including phenoxy) is 1. The van der Waals surface area contributed by atoms with Crippen molar-refractivity contribution in [2.24, 2.45) is 5.84 Å². The van der Waals surface area contributed by atoms with Crippen molar-refractivity contribution < 1.29 is 4.74 Å². The van der Waals surface area contributed by atoms with Crippen LogP contribution in [0.5, 0.6) is 0 Å². The lowest BCUT2D eigenvalue weighted by Gasteiger charge is -2.36. The average Bonchev–Trinajstić information content (AvgIpc) is 2.87. The van der Waals surface area contributed by atoms with Gasteiger partial charge in [-0.15, -0.1) is 0 Å². The zero-order valence-corrected chi connectivity index (χ0v) is 10.4. The Balaban J connectivity index is 2.10. The van der Waals surface area contributed by atoms with E-state index >= 15 is 0 Å². The van der Waals surface area contributed by atoms with E-state index in [-0.39, 0.29) is 11.6 Å². The quantitative estimate of drug-likeness (QED) is 0.598. The molecule has 0 amide bonds. The summed E-state index contributed by atoms with van der Waals surface area (Å²) in [6.45, 7) is 0. The van der Waals surface area contributed by atoms with Crippen LogP contribution in [0.3, 0.4) is 0 Å². The van der Waals surface area contributed by atoms with Crippen molar-refractivity contribution in [3.8, 4) is 0 Å². The summed E-state index contributed by atoms with van der Waals surface area (Å²) >= 11 is 0. The molecule has 3 N–H and O–H groups in total. The summed E-state index contributed by atoms with van der Waals surface area (Å²) in [7, 11) is 1.79. The van der Waals surface area contributed by atoms with Crippen LogP contribution in [0.25, 0.3) is 0 Å². The van der Waals surface area contributed by atoms with Crippen molar-refractivity contribution in [2.75, 3.05) is 7.11 Å². The van der Waals surface area contributed by atoms with Gasteiger partial charge < -0.3 is 4.74 Å². The fourth-order valence-electron chi connectivity index (χ4n) is 2.82. The zero-order valence-electron chi connectivity index (χ0n) is 10.4. The fourth-order valence-corrected chi connectivity index (χ4v) is 2.82. The van der Waals surface area contributed by atoms with Crippen LogP contribution in [-0.4, -0.2) is 23.7 Å². The van der Waals surface area contributed by atoms with E-state index in [0.717, 1.165) is 19.3 Å².